The van der Waals surface area contributed by atoms with E-state index in [9.17, 15) is 24.6 Å². The van der Waals surface area contributed by atoms with E-state index in [2.05, 4.69) is 11.3 Å². The summed E-state index contributed by atoms with van der Waals surface area (Å²) in [4.78, 5) is 34.7. The first-order valence-electron chi connectivity index (χ1n) is 6.77. The number of ketones is 1. The number of hydrogen-bond acceptors (Lipinski definition) is 7. The Morgan fingerprint density at radius 3 is 2.26 bits per heavy atom. The number of carbonyl (C=O) groups is 3. The smallest absolute Gasteiger partial charge is 0.339 e. The van der Waals surface area contributed by atoms with Crippen molar-refractivity contribution in [1.29, 1.82) is 0 Å². The molecule has 0 aromatic heterocycles. The largest absolute Gasteiger partial charge is 0.465 e. The maximum absolute atomic E-state index is 12.0. The molecule has 0 radical (unpaired) electrons. The Morgan fingerprint density at radius 1 is 1.17 bits per heavy atom. The quantitative estimate of drug-likeness (QED) is 0.529. The van der Waals surface area contributed by atoms with E-state index in [1.165, 1.54) is 19.2 Å². The van der Waals surface area contributed by atoms with Gasteiger partial charge in [0, 0.05) is 6.42 Å². The van der Waals surface area contributed by atoms with Gasteiger partial charge in [-0.1, -0.05) is 18.7 Å². The summed E-state index contributed by atoms with van der Waals surface area (Å²) in [5, 5.41) is 19.1. The molecule has 0 aliphatic rings. The average molecular weight is 322 g/mol. The molecule has 7 heteroatoms. The monoisotopic (exact) mass is 322 g/mol. The third kappa shape index (κ3) is 5.32. The van der Waals surface area contributed by atoms with Gasteiger partial charge in [0.2, 0.25) is 0 Å². The highest BCUT2D eigenvalue weighted by Gasteiger charge is 2.21. The van der Waals surface area contributed by atoms with E-state index in [1.807, 2.05) is 0 Å². The minimum Gasteiger partial charge on any atom is -0.465 e. The first kappa shape index (κ1) is 18.5. The summed E-state index contributed by atoms with van der Waals surface area (Å²) >= 11 is 0. The van der Waals surface area contributed by atoms with Gasteiger partial charge in [-0.05, 0) is 18.2 Å². The molecule has 0 spiro atoms. The van der Waals surface area contributed by atoms with Gasteiger partial charge in [0.05, 0.1) is 24.3 Å². The van der Waals surface area contributed by atoms with Crippen molar-refractivity contribution in [2.24, 2.45) is 0 Å². The van der Waals surface area contributed by atoms with E-state index >= 15 is 0 Å². The molecule has 23 heavy (non-hydrogen) atoms. The number of rotatable bonds is 8. The standard InChI is InChI=1S/C16H18O7/c1-3-13(18)14(19)8-10(17)9-23-16(21)12-7-5-4-6-11(12)15(20)22-2/h3-7,10,14,17,19H,1,8-9H2,2H3. The summed E-state index contributed by atoms with van der Waals surface area (Å²) < 4.78 is 9.46. The minimum absolute atomic E-state index is 0.00531. The van der Waals surface area contributed by atoms with Crippen LogP contribution in [0, 0.1) is 0 Å². The second-order valence-electron chi connectivity index (χ2n) is 4.65. The van der Waals surface area contributed by atoms with E-state index in [4.69, 9.17) is 4.74 Å². The lowest BCUT2D eigenvalue weighted by molar-refractivity contribution is -0.124. The van der Waals surface area contributed by atoms with Crippen LogP contribution in [0.1, 0.15) is 27.1 Å². The van der Waals surface area contributed by atoms with Crippen molar-refractivity contribution in [3.63, 3.8) is 0 Å². The molecule has 0 amide bonds. The summed E-state index contributed by atoms with van der Waals surface area (Å²) in [6, 6.07) is 5.91. The van der Waals surface area contributed by atoms with Gasteiger partial charge in [-0.15, -0.1) is 0 Å². The molecule has 0 aliphatic heterocycles. The van der Waals surface area contributed by atoms with E-state index in [0.717, 1.165) is 6.08 Å². The van der Waals surface area contributed by atoms with Gasteiger partial charge in [0.15, 0.2) is 5.78 Å². The molecule has 1 aromatic carbocycles. The molecule has 1 rings (SSSR count). The Bertz CT molecular complexity index is 594. The Morgan fingerprint density at radius 2 is 1.74 bits per heavy atom. The van der Waals surface area contributed by atoms with Gasteiger partial charge in [0.1, 0.15) is 12.7 Å². The summed E-state index contributed by atoms with van der Waals surface area (Å²) in [6.45, 7) is 2.78. The zero-order valence-corrected chi connectivity index (χ0v) is 12.6. The molecule has 0 fully saturated rings. The van der Waals surface area contributed by atoms with Crippen molar-refractivity contribution in [3.8, 4) is 0 Å². The lowest BCUT2D eigenvalue weighted by Crippen LogP contribution is -2.28. The number of ether oxygens (including phenoxy) is 2. The molecular weight excluding hydrogens is 304 g/mol. The van der Waals surface area contributed by atoms with Gasteiger partial charge in [-0.3, -0.25) is 4.79 Å². The topological polar surface area (TPSA) is 110 Å². The molecule has 2 unspecified atom stereocenters. The Labute approximate surface area is 133 Å². The number of aliphatic hydroxyl groups is 2. The average Bonchev–Trinajstić information content (AvgIpc) is 2.57. The predicted molar refractivity (Wildman–Crippen MR) is 79.9 cm³/mol. The van der Waals surface area contributed by atoms with Crippen LogP contribution in [0.3, 0.4) is 0 Å². The highest BCUT2D eigenvalue weighted by Crippen LogP contribution is 2.12. The van der Waals surface area contributed by atoms with Gasteiger partial charge in [-0.25, -0.2) is 9.59 Å². The van der Waals surface area contributed by atoms with Gasteiger partial charge in [0.25, 0.3) is 0 Å². The highest BCUT2D eigenvalue weighted by atomic mass is 16.5. The maximum atomic E-state index is 12.0. The van der Waals surface area contributed by atoms with Crippen LogP contribution in [0.5, 0.6) is 0 Å². The Balaban J connectivity index is 2.66. The maximum Gasteiger partial charge on any atom is 0.339 e. The summed E-state index contributed by atoms with van der Waals surface area (Å²) in [5.74, 6) is -2.15. The van der Waals surface area contributed by atoms with Crippen LogP contribution in [-0.2, 0) is 14.3 Å². The van der Waals surface area contributed by atoms with E-state index in [-0.39, 0.29) is 17.5 Å². The van der Waals surface area contributed by atoms with E-state index < -0.39 is 36.5 Å². The molecule has 0 bridgehead atoms. The number of esters is 2. The SMILES string of the molecule is C=CC(=O)C(O)CC(O)COC(=O)c1ccccc1C(=O)OC. The lowest BCUT2D eigenvalue weighted by atomic mass is 10.1. The zero-order chi connectivity index (χ0) is 17.4. The fourth-order valence-electron chi connectivity index (χ4n) is 1.78. The highest BCUT2D eigenvalue weighted by molar-refractivity contribution is 6.03. The molecule has 1 aromatic rings. The van der Waals surface area contributed by atoms with Crippen LogP contribution < -0.4 is 0 Å². The predicted octanol–water partition coefficient (Wildman–Crippen LogP) is 0.497. The van der Waals surface area contributed by atoms with E-state index in [0.29, 0.717) is 0 Å². The van der Waals surface area contributed by atoms with Crippen LogP contribution in [0.4, 0.5) is 0 Å². The van der Waals surface area contributed by atoms with Crippen LogP contribution in [0.25, 0.3) is 0 Å². The fraction of sp³-hybridized carbons (Fsp3) is 0.312. The van der Waals surface area contributed by atoms with Gasteiger partial charge in [-0.2, -0.15) is 0 Å². The van der Waals surface area contributed by atoms with Crippen molar-refractivity contribution in [1.82, 2.24) is 0 Å². The molecule has 0 heterocycles. The molecule has 124 valence electrons. The third-order valence-electron chi connectivity index (χ3n) is 2.98. The summed E-state index contributed by atoms with van der Waals surface area (Å²) in [6.07, 6.45) is -2.00. The third-order valence-corrected chi connectivity index (χ3v) is 2.98. The van der Waals surface area contributed by atoms with Crippen molar-refractivity contribution in [3.05, 3.63) is 48.0 Å². The summed E-state index contributed by atoms with van der Waals surface area (Å²) in [5.41, 5.74) is 0.0330. The van der Waals surface area contributed by atoms with Crippen LogP contribution >= 0.6 is 0 Å². The van der Waals surface area contributed by atoms with Crippen LogP contribution in [0.2, 0.25) is 0 Å². The number of aliphatic hydroxyl groups excluding tert-OH is 2. The zero-order valence-electron chi connectivity index (χ0n) is 12.6. The Kier molecular flexibility index (Phi) is 7.11. The molecule has 0 saturated carbocycles. The first-order valence-corrected chi connectivity index (χ1v) is 6.77. The number of benzene rings is 1. The molecule has 0 saturated heterocycles. The van der Waals surface area contributed by atoms with Crippen molar-refractivity contribution in [2.45, 2.75) is 18.6 Å². The lowest BCUT2D eigenvalue weighted by Gasteiger charge is -2.14. The normalized spacial score (nSPS) is 12.8. The van der Waals surface area contributed by atoms with E-state index in [1.54, 1.807) is 12.1 Å². The van der Waals surface area contributed by atoms with Crippen LogP contribution in [-0.4, -0.2) is 53.9 Å². The molecule has 7 nitrogen and oxygen atoms in total. The summed E-state index contributed by atoms with van der Waals surface area (Å²) in [7, 11) is 1.19. The Hall–Kier alpha value is -2.51. The van der Waals surface area contributed by atoms with Crippen molar-refractivity contribution >= 4 is 17.7 Å². The number of carbonyl (C=O) groups excluding carboxylic acids is 3. The second-order valence-corrected chi connectivity index (χ2v) is 4.65. The van der Waals surface area contributed by atoms with Gasteiger partial charge >= 0.3 is 11.9 Å². The second kappa shape index (κ2) is 8.82. The number of methoxy groups -OCH3 is 1. The van der Waals surface area contributed by atoms with Crippen molar-refractivity contribution < 1.29 is 34.1 Å². The van der Waals surface area contributed by atoms with Crippen LogP contribution in [0.15, 0.2) is 36.9 Å². The fourth-order valence-corrected chi connectivity index (χ4v) is 1.78. The minimum atomic E-state index is -1.41. The molecular formula is C16H18O7. The first-order chi connectivity index (χ1) is 10.9. The number of hydrogen-bond donors (Lipinski definition) is 2. The molecule has 2 N–H and O–H groups in total. The van der Waals surface area contributed by atoms with Gasteiger partial charge < -0.3 is 19.7 Å². The molecule has 2 atom stereocenters. The van der Waals surface area contributed by atoms with Crippen molar-refractivity contribution in [2.75, 3.05) is 13.7 Å². The molecule has 0 aliphatic carbocycles.